The Balaban J connectivity index is 2.13. The van der Waals surface area contributed by atoms with Crippen LogP contribution in [0.15, 0.2) is 36.5 Å². The van der Waals surface area contributed by atoms with Crippen LogP contribution < -0.4 is 9.47 Å². The molecule has 108 valence electrons. The number of nitriles is 1. The molecule has 21 heavy (non-hydrogen) atoms. The van der Waals surface area contributed by atoms with Crippen molar-refractivity contribution in [2.45, 2.75) is 18.9 Å². The van der Waals surface area contributed by atoms with E-state index in [0.29, 0.717) is 24.7 Å². The second-order valence-electron chi connectivity index (χ2n) is 4.30. The summed E-state index contributed by atoms with van der Waals surface area (Å²) in [6.07, 6.45) is 1.61. The Labute approximate surface area is 132 Å². The van der Waals surface area contributed by atoms with Crippen LogP contribution in [0.5, 0.6) is 11.5 Å². The summed E-state index contributed by atoms with van der Waals surface area (Å²) in [6, 6.07) is 11.4. The number of halogens is 1. The van der Waals surface area contributed by atoms with Gasteiger partial charge in [0.05, 0.1) is 6.61 Å². The predicted molar refractivity (Wildman–Crippen MR) is 83.5 cm³/mol. The van der Waals surface area contributed by atoms with Crippen LogP contribution in [-0.2, 0) is 11.9 Å². The Morgan fingerprint density at radius 2 is 2.00 bits per heavy atom. The van der Waals surface area contributed by atoms with Crippen molar-refractivity contribution in [1.82, 2.24) is 4.98 Å². The van der Waals surface area contributed by atoms with Crippen LogP contribution in [0.1, 0.15) is 23.7 Å². The van der Waals surface area contributed by atoms with Crippen LogP contribution in [0.4, 0.5) is 0 Å². The van der Waals surface area contributed by atoms with E-state index in [-0.39, 0.29) is 0 Å². The van der Waals surface area contributed by atoms with Gasteiger partial charge in [-0.05, 0) is 42.3 Å². The summed E-state index contributed by atoms with van der Waals surface area (Å²) < 4.78 is 11.4. The van der Waals surface area contributed by atoms with Crippen molar-refractivity contribution in [2.75, 3.05) is 6.61 Å². The third kappa shape index (κ3) is 4.20. The van der Waals surface area contributed by atoms with Crippen molar-refractivity contribution in [3.63, 3.8) is 0 Å². The van der Waals surface area contributed by atoms with E-state index in [1.54, 1.807) is 12.3 Å². The lowest BCUT2D eigenvalue weighted by Crippen LogP contribution is -2.01. The molecule has 1 aromatic heterocycles. The van der Waals surface area contributed by atoms with Gasteiger partial charge < -0.3 is 9.47 Å². The molecular formula is C16H15BrN2O2. The standard InChI is InChI=1S/C16H15BrN2O2/c1-2-20-16-8-12(9-17)3-4-15(16)21-11-13-5-6-19-14(7-13)10-18/h3-8H,2,9,11H2,1H3. The largest absolute Gasteiger partial charge is 0.490 e. The fraction of sp³-hybridized carbons (Fsp3) is 0.250. The van der Waals surface area contributed by atoms with E-state index in [1.165, 1.54) is 0 Å². The fourth-order valence-electron chi connectivity index (χ4n) is 1.81. The molecule has 5 heteroatoms. The number of rotatable bonds is 6. The maximum atomic E-state index is 8.84. The van der Waals surface area contributed by atoms with Gasteiger partial charge in [-0.2, -0.15) is 5.26 Å². The highest BCUT2D eigenvalue weighted by atomic mass is 79.9. The number of hydrogen-bond acceptors (Lipinski definition) is 4. The highest BCUT2D eigenvalue weighted by Crippen LogP contribution is 2.30. The van der Waals surface area contributed by atoms with Gasteiger partial charge in [-0.25, -0.2) is 4.98 Å². The molecule has 0 spiro atoms. The number of nitrogens with zero attached hydrogens (tertiary/aromatic N) is 2. The lowest BCUT2D eigenvalue weighted by atomic mass is 10.2. The van der Waals surface area contributed by atoms with Crippen molar-refractivity contribution in [1.29, 1.82) is 5.26 Å². The Morgan fingerprint density at radius 3 is 2.71 bits per heavy atom. The van der Waals surface area contributed by atoms with Gasteiger partial charge in [-0.1, -0.05) is 22.0 Å². The summed E-state index contributed by atoms with van der Waals surface area (Å²) in [5.74, 6) is 1.42. The number of hydrogen-bond donors (Lipinski definition) is 0. The van der Waals surface area contributed by atoms with Crippen molar-refractivity contribution >= 4 is 15.9 Å². The van der Waals surface area contributed by atoms with E-state index < -0.39 is 0 Å². The first kappa shape index (κ1) is 15.3. The topological polar surface area (TPSA) is 55.1 Å². The minimum absolute atomic E-state index is 0.366. The molecule has 0 aliphatic heterocycles. The average molecular weight is 347 g/mol. The molecule has 0 bridgehead atoms. The maximum absolute atomic E-state index is 8.84. The maximum Gasteiger partial charge on any atom is 0.161 e. The second kappa shape index (κ2) is 7.65. The summed E-state index contributed by atoms with van der Waals surface area (Å²) in [7, 11) is 0. The first-order chi connectivity index (χ1) is 10.3. The minimum Gasteiger partial charge on any atom is -0.490 e. The van der Waals surface area contributed by atoms with Crippen LogP contribution in [0.25, 0.3) is 0 Å². The van der Waals surface area contributed by atoms with Gasteiger partial charge in [0.25, 0.3) is 0 Å². The van der Waals surface area contributed by atoms with Crippen molar-refractivity contribution in [3.05, 3.63) is 53.3 Å². The molecule has 1 aromatic carbocycles. The van der Waals surface area contributed by atoms with Gasteiger partial charge in [0.1, 0.15) is 18.4 Å². The minimum atomic E-state index is 0.366. The molecule has 1 heterocycles. The van der Waals surface area contributed by atoms with Gasteiger partial charge in [0.2, 0.25) is 0 Å². The monoisotopic (exact) mass is 346 g/mol. The lowest BCUT2D eigenvalue weighted by Gasteiger charge is -2.13. The highest BCUT2D eigenvalue weighted by molar-refractivity contribution is 9.08. The molecular weight excluding hydrogens is 332 g/mol. The van der Waals surface area contributed by atoms with E-state index in [4.69, 9.17) is 14.7 Å². The van der Waals surface area contributed by atoms with Crippen molar-refractivity contribution in [2.24, 2.45) is 0 Å². The molecule has 0 N–H and O–H groups in total. The van der Waals surface area contributed by atoms with Gasteiger partial charge in [0, 0.05) is 11.5 Å². The Kier molecular flexibility index (Phi) is 5.59. The molecule has 0 radical (unpaired) electrons. The lowest BCUT2D eigenvalue weighted by molar-refractivity contribution is 0.269. The highest BCUT2D eigenvalue weighted by Gasteiger charge is 2.07. The Morgan fingerprint density at radius 1 is 1.14 bits per heavy atom. The van der Waals surface area contributed by atoms with Crippen LogP contribution >= 0.6 is 15.9 Å². The van der Waals surface area contributed by atoms with E-state index >= 15 is 0 Å². The first-order valence-electron chi connectivity index (χ1n) is 6.56. The molecule has 4 nitrogen and oxygen atoms in total. The summed E-state index contributed by atoms with van der Waals surface area (Å²) in [5.41, 5.74) is 2.41. The summed E-state index contributed by atoms with van der Waals surface area (Å²) in [6.45, 7) is 2.88. The zero-order valence-corrected chi connectivity index (χ0v) is 13.3. The molecule has 2 rings (SSSR count). The number of alkyl halides is 1. The second-order valence-corrected chi connectivity index (χ2v) is 4.86. The number of ether oxygens (including phenoxy) is 2. The van der Waals surface area contributed by atoms with E-state index in [1.807, 2.05) is 37.3 Å². The summed E-state index contributed by atoms with van der Waals surface area (Å²) >= 11 is 3.42. The molecule has 0 aliphatic carbocycles. The zero-order chi connectivity index (χ0) is 15.1. The normalized spacial score (nSPS) is 9.95. The molecule has 2 aromatic rings. The van der Waals surface area contributed by atoms with E-state index in [9.17, 15) is 0 Å². The fourth-order valence-corrected chi connectivity index (χ4v) is 2.16. The van der Waals surface area contributed by atoms with Gasteiger partial charge in [-0.3, -0.25) is 0 Å². The van der Waals surface area contributed by atoms with Crippen molar-refractivity contribution in [3.8, 4) is 17.6 Å². The van der Waals surface area contributed by atoms with Crippen LogP contribution in [-0.4, -0.2) is 11.6 Å². The Hall–Kier alpha value is -2.06. The Bertz CT molecular complexity index is 653. The average Bonchev–Trinajstić information content (AvgIpc) is 2.54. The quantitative estimate of drug-likeness (QED) is 0.746. The first-order valence-corrected chi connectivity index (χ1v) is 7.68. The number of aromatic nitrogens is 1. The SMILES string of the molecule is CCOc1cc(CBr)ccc1OCc1ccnc(C#N)c1. The van der Waals surface area contributed by atoms with Crippen LogP contribution in [0, 0.1) is 11.3 Å². The summed E-state index contributed by atoms with van der Waals surface area (Å²) in [5, 5.41) is 9.61. The number of benzene rings is 1. The molecule has 0 fully saturated rings. The van der Waals surface area contributed by atoms with Gasteiger partial charge in [-0.15, -0.1) is 0 Å². The van der Waals surface area contributed by atoms with E-state index in [0.717, 1.165) is 22.2 Å². The third-order valence-corrected chi connectivity index (χ3v) is 3.44. The summed E-state index contributed by atoms with van der Waals surface area (Å²) in [4.78, 5) is 3.94. The molecule has 0 unspecified atom stereocenters. The smallest absolute Gasteiger partial charge is 0.161 e. The van der Waals surface area contributed by atoms with Crippen molar-refractivity contribution < 1.29 is 9.47 Å². The van der Waals surface area contributed by atoms with E-state index in [2.05, 4.69) is 20.9 Å². The third-order valence-electron chi connectivity index (χ3n) is 2.80. The van der Waals surface area contributed by atoms with Crippen LogP contribution in [0.3, 0.4) is 0 Å². The zero-order valence-electron chi connectivity index (χ0n) is 11.7. The number of pyridine rings is 1. The molecule has 0 amide bonds. The molecule has 0 atom stereocenters. The van der Waals surface area contributed by atoms with Crippen LogP contribution in [0.2, 0.25) is 0 Å². The van der Waals surface area contributed by atoms with Gasteiger partial charge >= 0.3 is 0 Å². The molecule has 0 aliphatic rings. The molecule has 0 saturated carbocycles. The predicted octanol–water partition coefficient (Wildman–Crippen LogP) is 3.83. The molecule has 0 saturated heterocycles. The van der Waals surface area contributed by atoms with Gasteiger partial charge in [0.15, 0.2) is 11.5 Å².